The number of tetrazole rings is 1. The van der Waals surface area contributed by atoms with E-state index in [0.29, 0.717) is 21.8 Å². The fourth-order valence-electron chi connectivity index (χ4n) is 3.84. The molecule has 0 radical (unpaired) electrons. The van der Waals surface area contributed by atoms with Gasteiger partial charge in [0.1, 0.15) is 0 Å². The van der Waals surface area contributed by atoms with E-state index >= 15 is 0 Å². The van der Waals surface area contributed by atoms with Crippen LogP contribution in [-0.4, -0.2) is 47.5 Å². The highest BCUT2D eigenvalue weighted by Crippen LogP contribution is 2.46. The molecule has 0 aliphatic heterocycles. The average molecular weight is 480 g/mol. The van der Waals surface area contributed by atoms with Gasteiger partial charge in [-0.1, -0.05) is 61.2 Å². The molecule has 32 heavy (non-hydrogen) atoms. The zero-order chi connectivity index (χ0) is 22.9. The van der Waals surface area contributed by atoms with E-state index in [2.05, 4.69) is 30.9 Å². The van der Waals surface area contributed by atoms with Crippen molar-refractivity contribution < 1.29 is 13.6 Å². The third-order valence-corrected chi connectivity index (χ3v) is 7.13. The van der Waals surface area contributed by atoms with E-state index in [0.717, 1.165) is 9.90 Å². The number of alkyl halides is 2. The van der Waals surface area contributed by atoms with Gasteiger partial charge in [0, 0.05) is 23.7 Å². The summed E-state index contributed by atoms with van der Waals surface area (Å²) in [4.78, 5) is 14.6. The number of hydrogen-bond donors (Lipinski definition) is 1. The molecule has 1 saturated carbocycles. The van der Waals surface area contributed by atoms with Crippen LogP contribution >= 0.6 is 23.1 Å². The number of aryl methyl sites for hydroxylation is 1. The molecule has 4 rings (SSSR count). The zero-order valence-electron chi connectivity index (χ0n) is 17.8. The molecule has 1 aliphatic carbocycles. The number of benzene rings is 1. The number of nitrogens with one attached hydrogen (secondary N) is 1. The normalized spacial score (nSPS) is 18.8. The lowest BCUT2D eigenvalue weighted by Crippen LogP contribution is -2.27. The first kappa shape index (κ1) is 22.7. The molecule has 1 aliphatic rings. The highest BCUT2D eigenvalue weighted by atomic mass is 32.2. The third kappa shape index (κ3) is 5.29. The fraction of sp³-hybridized carbons (Fsp3) is 0.500. The zero-order valence-corrected chi connectivity index (χ0v) is 19.5. The van der Waals surface area contributed by atoms with Crippen molar-refractivity contribution in [2.45, 2.75) is 54.5 Å². The van der Waals surface area contributed by atoms with Crippen LogP contribution in [0.5, 0.6) is 0 Å². The maximum Gasteiger partial charge on any atom is 0.248 e. The molecule has 1 N–H and O–H groups in total. The van der Waals surface area contributed by atoms with Gasteiger partial charge in [0.25, 0.3) is 0 Å². The second-order valence-corrected chi connectivity index (χ2v) is 10.9. The van der Waals surface area contributed by atoms with E-state index in [-0.39, 0.29) is 25.2 Å². The minimum Gasteiger partial charge on any atom is -0.300 e. The molecule has 0 bridgehead atoms. The molecule has 3 aromatic rings. The largest absolute Gasteiger partial charge is 0.300 e. The van der Waals surface area contributed by atoms with Gasteiger partial charge >= 0.3 is 0 Å². The van der Waals surface area contributed by atoms with Gasteiger partial charge < -0.3 is 0 Å². The summed E-state index contributed by atoms with van der Waals surface area (Å²) in [6, 6.07) is 7.10. The van der Waals surface area contributed by atoms with Crippen LogP contribution in [0.25, 0.3) is 11.4 Å². The van der Waals surface area contributed by atoms with Crippen molar-refractivity contribution in [3.63, 3.8) is 0 Å². The molecule has 1 aromatic carbocycles. The lowest BCUT2D eigenvalue weighted by Gasteiger charge is -2.23. The molecule has 0 saturated heterocycles. The number of rotatable bonds is 7. The Labute approximate surface area is 192 Å². The monoisotopic (exact) mass is 479 g/mol. The Morgan fingerprint density at radius 1 is 1.25 bits per heavy atom. The van der Waals surface area contributed by atoms with Crippen LogP contribution in [0, 0.1) is 5.92 Å². The van der Waals surface area contributed by atoms with Crippen molar-refractivity contribution in [1.29, 1.82) is 0 Å². The van der Waals surface area contributed by atoms with E-state index in [1.807, 2.05) is 13.8 Å². The maximum atomic E-state index is 14.0. The van der Waals surface area contributed by atoms with Crippen molar-refractivity contribution >= 4 is 34.1 Å². The summed E-state index contributed by atoms with van der Waals surface area (Å²) in [5.41, 5.74) is 1.40. The Hall–Kier alpha value is -2.47. The molecule has 1 amide bonds. The van der Waals surface area contributed by atoms with Gasteiger partial charge in [-0.05, 0) is 23.1 Å². The number of hydrogen-bond acceptors (Lipinski definition) is 8. The van der Waals surface area contributed by atoms with Crippen LogP contribution in [0.4, 0.5) is 13.9 Å². The molecular weight excluding hydrogens is 456 g/mol. The summed E-state index contributed by atoms with van der Waals surface area (Å²) in [5.74, 6) is -3.84. The van der Waals surface area contributed by atoms with Gasteiger partial charge in [-0.3, -0.25) is 10.1 Å². The topological polar surface area (TPSA) is 98.5 Å². The Morgan fingerprint density at radius 3 is 2.59 bits per heavy atom. The highest BCUT2D eigenvalue weighted by molar-refractivity contribution is 8.01. The van der Waals surface area contributed by atoms with Crippen molar-refractivity contribution in [1.82, 2.24) is 30.4 Å². The number of anilines is 1. The lowest BCUT2D eigenvalue weighted by atomic mass is 9.83. The number of carbonyl (C=O) groups is 1. The molecular formula is C20H23F2N7OS2. The standard InChI is InChI=1S/C20H23F2N7OS2/c1-11(2)31-19-26-25-18(32-19)23-17(30)15(14-8-9-20(21,22)10-14)12-4-6-13(7-5-12)16-24-28-29(3)27-16/h4-7,11,14-15H,8-10H2,1-3H3,(H,23,25,30). The van der Waals surface area contributed by atoms with Gasteiger partial charge in [-0.2, -0.15) is 4.80 Å². The number of aromatic nitrogens is 6. The second kappa shape index (κ2) is 9.18. The summed E-state index contributed by atoms with van der Waals surface area (Å²) in [6.07, 6.45) is -0.247. The SMILES string of the molecule is CC(C)Sc1nnc(NC(=O)C(c2ccc(-c3nnn(C)n3)cc2)C2CCC(F)(F)C2)s1. The van der Waals surface area contributed by atoms with Crippen molar-refractivity contribution in [3.8, 4) is 11.4 Å². The molecule has 2 unspecified atom stereocenters. The molecule has 12 heteroatoms. The van der Waals surface area contributed by atoms with Gasteiger partial charge in [-0.25, -0.2) is 8.78 Å². The fourth-order valence-corrected chi connectivity index (χ4v) is 5.82. The number of nitrogens with zero attached hydrogens (tertiary/aromatic N) is 6. The highest BCUT2D eigenvalue weighted by Gasteiger charge is 2.45. The quantitative estimate of drug-likeness (QED) is 0.396. The second-order valence-electron chi connectivity index (χ2n) is 8.09. The van der Waals surface area contributed by atoms with Crippen LogP contribution in [0.1, 0.15) is 44.6 Å². The van der Waals surface area contributed by atoms with E-state index in [1.165, 1.54) is 16.1 Å². The van der Waals surface area contributed by atoms with Crippen molar-refractivity contribution in [2.24, 2.45) is 13.0 Å². The van der Waals surface area contributed by atoms with Crippen LogP contribution in [0.3, 0.4) is 0 Å². The van der Waals surface area contributed by atoms with E-state index < -0.39 is 17.8 Å². The van der Waals surface area contributed by atoms with Gasteiger partial charge in [0.15, 0.2) is 4.34 Å². The van der Waals surface area contributed by atoms with E-state index in [9.17, 15) is 13.6 Å². The lowest BCUT2D eigenvalue weighted by molar-refractivity contribution is -0.118. The maximum absolute atomic E-state index is 14.0. The minimum absolute atomic E-state index is 0.211. The van der Waals surface area contributed by atoms with Crippen molar-refractivity contribution in [3.05, 3.63) is 29.8 Å². The van der Waals surface area contributed by atoms with Crippen LogP contribution < -0.4 is 5.32 Å². The van der Waals surface area contributed by atoms with Gasteiger partial charge in [0.05, 0.1) is 13.0 Å². The summed E-state index contributed by atoms with van der Waals surface area (Å²) >= 11 is 2.83. The van der Waals surface area contributed by atoms with Crippen LogP contribution in [-0.2, 0) is 11.8 Å². The Bertz CT molecular complexity index is 1080. The molecule has 1 fully saturated rings. The number of halogens is 2. The van der Waals surface area contributed by atoms with E-state index in [1.54, 1.807) is 43.1 Å². The minimum atomic E-state index is -2.75. The summed E-state index contributed by atoms with van der Waals surface area (Å²) in [7, 11) is 1.67. The summed E-state index contributed by atoms with van der Waals surface area (Å²) < 4.78 is 28.7. The molecule has 170 valence electrons. The predicted octanol–water partition coefficient (Wildman–Crippen LogP) is 4.39. The smallest absolute Gasteiger partial charge is 0.248 e. The predicted molar refractivity (Wildman–Crippen MR) is 119 cm³/mol. The Balaban J connectivity index is 1.57. The number of thioether (sulfide) groups is 1. The van der Waals surface area contributed by atoms with E-state index in [4.69, 9.17) is 0 Å². The summed E-state index contributed by atoms with van der Waals surface area (Å²) in [6.45, 7) is 4.08. The first-order valence-corrected chi connectivity index (χ1v) is 11.9. The Kier molecular flexibility index (Phi) is 6.52. The first-order valence-electron chi connectivity index (χ1n) is 10.2. The molecule has 2 heterocycles. The molecule has 2 atom stereocenters. The van der Waals surface area contributed by atoms with Gasteiger partial charge in [0.2, 0.25) is 22.8 Å². The molecule has 2 aromatic heterocycles. The van der Waals surface area contributed by atoms with Crippen molar-refractivity contribution in [2.75, 3.05) is 5.32 Å². The summed E-state index contributed by atoms with van der Waals surface area (Å²) in [5, 5.41) is 23.6. The number of carbonyl (C=O) groups excluding carboxylic acids is 1. The third-order valence-electron chi connectivity index (χ3n) is 5.21. The Morgan fingerprint density at radius 2 is 2.00 bits per heavy atom. The van der Waals surface area contributed by atoms with Crippen LogP contribution in [0.2, 0.25) is 0 Å². The first-order chi connectivity index (χ1) is 15.2. The molecule has 0 spiro atoms. The number of amides is 1. The molecule has 8 nitrogen and oxygen atoms in total. The van der Waals surface area contributed by atoms with Gasteiger partial charge in [-0.15, -0.1) is 20.4 Å². The van der Waals surface area contributed by atoms with Crippen LogP contribution in [0.15, 0.2) is 28.6 Å². The average Bonchev–Trinajstić information content (AvgIpc) is 3.43.